The summed E-state index contributed by atoms with van der Waals surface area (Å²) in [5.74, 6) is 1.83. The largest absolute Gasteiger partial charge is 0.492 e. The highest BCUT2D eigenvalue weighted by Crippen LogP contribution is 2.39. The van der Waals surface area contributed by atoms with Gasteiger partial charge in [0.05, 0.1) is 18.4 Å². The SMILES string of the molecule is CC(C)C(=O)N1CCC2(CC1)CC(CCOc1cccnc1)CCO2. The number of amides is 1. The molecule has 2 fully saturated rings. The highest BCUT2D eigenvalue weighted by Gasteiger charge is 2.41. The Hall–Kier alpha value is -1.62. The van der Waals surface area contributed by atoms with Crippen LogP contribution in [-0.2, 0) is 9.53 Å². The summed E-state index contributed by atoms with van der Waals surface area (Å²) in [7, 11) is 0. The molecule has 0 N–H and O–H groups in total. The van der Waals surface area contributed by atoms with Gasteiger partial charge in [0.2, 0.25) is 5.91 Å². The third kappa shape index (κ3) is 4.72. The van der Waals surface area contributed by atoms with Crippen LogP contribution in [0.5, 0.6) is 5.75 Å². The van der Waals surface area contributed by atoms with Gasteiger partial charge in [-0.25, -0.2) is 0 Å². The predicted octanol–water partition coefficient (Wildman–Crippen LogP) is 3.29. The summed E-state index contributed by atoms with van der Waals surface area (Å²) in [4.78, 5) is 18.3. The number of nitrogens with zero attached hydrogens (tertiary/aromatic N) is 2. The van der Waals surface area contributed by atoms with Gasteiger partial charge in [-0.15, -0.1) is 0 Å². The molecule has 1 aromatic heterocycles. The highest BCUT2D eigenvalue weighted by atomic mass is 16.5. The molecule has 5 nitrogen and oxygen atoms in total. The molecule has 0 aliphatic carbocycles. The van der Waals surface area contributed by atoms with Crippen LogP contribution >= 0.6 is 0 Å². The maximum absolute atomic E-state index is 12.2. The fraction of sp³-hybridized carbons (Fsp3) is 0.700. The van der Waals surface area contributed by atoms with Crippen LogP contribution in [0.25, 0.3) is 0 Å². The van der Waals surface area contributed by atoms with Gasteiger partial charge in [0.25, 0.3) is 0 Å². The fourth-order valence-electron chi connectivity index (χ4n) is 4.00. The average Bonchev–Trinajstić information content (AvgIpc) is 2.63. The summed E-state index contributed by atoms with van der Waals surface area (Å²) in [6.45, 7) is 7.16. The molecule has 25 heavy (non-hydrogen) atoms. The maximum atomic E-state index is 12.2. The van der Waals surface area contributed by atoms with E-state index in [4.69, 9.17) is 9.47 Å². The quantitative estimate of drug-likeness (QED) is 0.821. The number of likely N-dealkylation sites (tertiary alicyclic amines) is 1. The van der Waals surface area contributed by atoms with Crippen LogP contribution in [-0.4, -0.2) is 47.7 Å². The van der Waals surface area contributed by atoms with E-state index in [1.807, 2.05) is 30.9 Å². The van der Waals surface area contributed by atoms with Crippen LogP contribution in [0.3, 0.4) is 0 Å². The lowest BCUT2D eigenvalue weighted by Gasteiger charge is -2.46. The molecule has 138 valence electrons. The van der Waals surface area contributed by atoms with E-state index in [9.17, 15) is 4.79 Å². The number of hydrogen-bond acceptors (Lipinski definition) is 4. The van der Waals surface area contributed by atoms with E-state index >= 15 is 0 Å². The molecule has 1 aromatic rings. The van der Waals surface area contributed by atoms with Crippen molar-refractivity contribution in [3.63, 3.8) is 0 Å². The molecule has 1 amide bonds. The zero-order valence-corrected chi connectivity index (χ0v) is 15.4. The van der Waals surface area contributed by atoms with Crippen molar-refractivity contribution in [3.8, 4) is 5.75 Å². The van der Waals surface area contributed by atoms with Gasteiger partial charge in [0.1, 0.15) is 5.75 Å². The van der Waals surface area contributed by atoms with Crippen LogP contribution in [0.1, 0.15) is 46.0 Å². The molecule has 1 spiro atoms. The number of piperidine rings is 1. The zero-order chi connectivity index (χ0) is 17.7. The zero-order valence-electron chi connectivity index (χ0n) is 15.4. The first kappa shape index (κ1) is 18.2. The Balaban J connectivity index is 1.46. The Kier molecular flexibility index (Phi) is 5.94. The first-order valence-corrected chi connectivity index (χ1v) is 9.53. The van der Waals surface area contributed by atoms with Crippen LogP contribution in [0.15, 0.2) is 24.5 Å². The molecule has 0 bridgehead atoms. The summed E-state index contributed by atoms with van der Waals surface area (Å²) < 4.78 is 12.0. The van der Waals surface area contributed by atoms with Gasteiger partial charge in [-0.05, 0) is 50.2 Å². The number of carbonyl (C=O) groups excluding carboxylic acids is 1. The van der Waals surface area contributed by atoms with Crippen LogP contribution in [0.4, 0.5) is 0 Å². The number of aromatic nitrogens is 1. The standard InChI is InChI=1S/C20H30N2O3/c1-16(2)19(23)22-10-7-20(8-11-22)14-17(6-13-25-20)5-12-24-18-4-3-9-21-15-18/h3-4,9,15-17H,5-8,10-14H2,1-2H3. The van der Waals surface area contributed by atoms with Crippen molar-refractivity contribution in [1.82, 2.24) is 9.88 Å². The van der Waals surface area contributed by atoms with E-state index in [-0.39, 0.29) is 17.4 Å². The minimum absolute atomic E-state index is 0.0228. The van der Waals surface area contributed by atoms with Crippen molar-refractivity contribution in [2.75, 3.05) is 26.3 Å². The summed E-state index contributed by atoms with van der Waals surface area (Å²) in [6, 6.07) is 3.84. The van der Waals surface area contributed by atoms with Crippen molar-refractivity contribution in [2.45, 2.75) is 51.6 Å². The van der Waals surface area contributed by atoms with E-state index in [0.29, 0.717) is 5.92 Å². The smallest absolute Gasteiger partial charge is 0.225 e. The molecule has 2 aliphatic heterocycles. The Morgan fingerprint density at radius 3 is 2.92 bits per heavy atom. The third-order valence-corrected chi connectivity index (χ3v) is 5.50. The predicted molar refractivity (Wildman–Crippen MR) is 96.4 cm³/mol. The normalized spacial score (nSPS) is 23.0. The van der Waals surface area contributed by atoms with Crippen molar-refractivity contribution in [3.05, 3.63) is 24.5 Å². The number of hydrogen-bond donors (Lipinski definition) is 0. The topological polar surface area (TPSA) is 51.7 Å². The van der Waals surface area contributed by atoms with Gasteiger partial charge in [0.15, 0.2) is 0 Å². The lowest BCUT2D eigenvalue weighted by Crippen LogP contribution is -2.51. The van der Waals surface area contributed by atoms with Crippen molar-refractivity contribution in [1.29, 1.82) is 0 Å². The number of ether oxygens (including phenoxy) is 2. The van der Waals surface area contributed by atoms with Crippen LogP contribution < -0.4 is 4.74 Å². The van der Waals surface area contributed by atoms with E-state index in [1.54, 1.807) is 12.4 Å². The average molecular weight is 346 g/mol. The molecular weight excluding hydrogens is 316 g/mol. The molecule has 1 atom stereocenters. The van der Waals surface area contributed by atoms with Crippen LogP contribution in [0, 0.1) is 11.8 Å². The molecule has 0 saturated carbocycles. The second kappa shape index (κ2) is 8.17. The minimum Gasteiger partial charge on any atom is -0.492 e. The second-order valence-electron chi connectivity index (χ2n) is 7.70. The molecule has 1 unspecified atom stereocenters. The highest BCUT2D eigenvalue weighted by molar-refractivity contribution is 5.78. The van der Waals surface area contributed by atoms with Gasteiger partial charge in [0, 0.05) is 31.8 Å². The van der Waals surface area contributed by atoms with Gasteiger partial charge >= 0.3 is 0 Å². The third-order valence-electron chi connectivity index (χ3n) is 5.50. The number of carbonyl (C=O) groups is 1. The lowest BCUT2D eigenvalue weighted by atomic mass is 9.78. The second-order valence-corrected chi connectivity index (χ2v) is 7.70. The number of pyridine rings is 1. The summed E-state index contributed by atoms with van der Waals surface area (Å²) in [5.41, 5.74) is -0.0228. The molecule has 3 rings (SSSR count). The van der Waals surface area contributed by atoms with E-state index in [2.05, 4.69) is 4.98 Å². The Morgan fingerprint density at radius 1 is 1.44 bits per heavy atom. The monoisotopic (exact) mass is 346 g/mol. The van der Waals surface area contributed by atoms with Gasteiger partial charge in [-0.3, -0.25) is 9.78 Å². The molecule has 2 aliphatic rings. The summed E-state index contributed by atoms with van der Waals surface area (Å²) in [5, 5.41) is 0. The van der Waals surface area contributed by atoms with Gasteiger partial charge < -0.3 is 14.4 Å². The molecule has 2 saturated heterocycles. The molecule has 0 aromatic carbocycles. The minimum atomic E-state index is -0.0228. The van der Waals surface area contributed by atoms with Crippen molar-refractivity contribution in [2.24, 2.45) is 11.8 Å². The fourth-order valence-corrected chi connectivity index (χ4v) is 4.00. The lowest BCUT2D eigenvalue weighted by molar-refractivity contribution is -0.150. The van der Waals surface area contributed by atoms with E-state index < -0.39 is 0 Å². The first-order valence-electron chi connectivity index (χ1n) is 9.53. The van der Waals surface area contributed by atoms with Gasteiger partial charge in [-0.1, -0.05) is 13.8 Å². The summed E-state index contributed by atoms with van der Waals surface area (Å²) in [6.07, 6.45) is 8.68. The first-order chi connectivity index (χ1) is 12.1. The Bertz CT molecular complexity index is 553. The summed E-state index contributed by atoms with van der Waals surface area (Å²) >= 11 is 0. The number of rotatable bonds is 5. The Morgan fingerprint density at radius 2 is 2.24 bits per heavy atom. The molecular formula is C20H30N2O3. The molecule has 3 heterocycles. The van der Waals surface area contributed by atoms with Gasteiger partial charge in [-0.2, -0.15) is 0 Å². The molecule has 0 radical (unpaired) electrons. The Labute approximate surface area is 150 Å². The van der Waals surface area contributed by atoms with Crippen molar-refractivity contribution >= 4 is 5.91 Å². The van der Waals surface area contributed by atoms with E-state index in [1.165, 1.54) is 0 Å². The maximum Gasteiger partial charge on any atom is 0.225 e. The van der Waals surface area contributed by atoms with Crippen LogP contribution in [0.2, 0.25) is 0 Å². The van der Waals surface area contributed by atoms with E-state index in [0.717, 1.165) is 64.2 Å². The molecule has 5 heteroatoms. The van der Waals surface area contributed by atoms with Crippen molar-refractivity contribution < 1.29 is 14.3 Å².